The summed E-state index contributed by atoms with van der Waals surface area (Å²) in [5, 5.41) is 13.7. The molecule has 0 saturated carbocycles. The van der Waals surface area contributed by atoms with Crippen LogP contribution in [0.4, 0.5) is 15.8 Å². The van der Waals surface area contributed by atoms with Gasteiger partial charge in [0.1, 0.15) is 5.82 Å². The second-order valence-corrected chi connectivity index (χ2v) is 7.31. The molecule has 1 heterocycles. The molecule has 8 heteroatoms. The van der Waals surface area contributed by atoms with Crippen molar-refractivity contribution >= 4 is 17.3 Å². The molecule has 0 unspecified atom stereocenters. The summed E-state index contributed by atoms with van der Waals surface area (Å²) in [6, 6.07) is 12.7. The molecule has 154 valence electrons. The van der Waals surface area contributed by atoms with E-state index in [0.717, 1.165) is 37.4 Å². The Morgan fingerprint density at radius 1 is 1.17 bits per heavy atom. The second kappa shape index (κ2) is 9.47. The van der Waals surface area contributed by atoms with Gasteiger partial charge in [-0.2, -0.15) is 0 Å². The highest BCUT2D eigenvalue weighted by Gasteiger charge is 2.29. The number of hydrogen-bond acceptors (Lipinski definition) is 4. The normalized spacial score (nSPS) is 15.7. The first-order valence-corrected chi connectivity index (χ1v) is 9.80. The van der Waals surface area contributed by atoms with Crippen molar-refractivity contribution in [1.82, 2.24) is 5.32 Å². The highest BCUT2D eigenvalue weighted by atomic mass is 19.1. The van der Waals surface area contributed by atoms with Gasteiger partial charge in [0.25, 0.3) is 11.6 Å². The van der Waals surface area contributed by atoms with Gasteiger partial charge in [-0.1, -0.05) is 12.1 Å². The number of anilines is 1. The summed E-state index contributed by atoms with van der Waals surface area (Å²) in [6.07, 6.45) is 0.669. The fourth-order valence-electron chi connectivity index (χ4n) is 3.59. The number of nitro groups is 1. The van der Waals surface area contributed by atoms with Crippen LogP contribution in [0.25, 0.3) is 0 Å². The maximum Gasteiger partial charge on any atom is 0.278 e. The van der Waals surface area contributed by atoms with E-state index in [1.807, 2.05) is 6.92 Å². The summed E-state index contributed by atoms with van der Waals surface area (Å²) in [7, 11) is 0. The zero-order valence-corrected chi connectivity index (χ0v) is 16.4. The number of carbonyl (C=O) groups excluding carboxylic acids is 1. The van der Waals surface area contributed by atoms with Gasteiger partial charge in [-0.15, -0.1) is 0 Å². The van der Waals surface area contributed by atoms with Crippen LogP contribution in [0.5, 0.6) is 0 Å². The Kier molecular flexibility index (Phi) is 6.77. The smallest absolute Gasteiger partial charge is 0.278 e. The SMILES string of the molecule is C[C@H](C(=O)NCCc1ccc(F)cc1)[NH+]1CCN(c2ccc([N+](=O)[O-])cc2)CC1. The highest BCUT2D eigenvalue weighted by Crippen LogP contribution is 2.19. The summed E-state index contributed by atoms with van der Waals surface area (Å²) in [5.41, 5.74) is 2.04. The second-order valence-electron chi connectivity index (χ2n) is 7.31. The molecule has 0 spiro atoms. The van der Waals surface area contributed by atoms with Crippen molar-refractivity contribution in [3.63, 3.8) is 0 Å². The molecule has 1 saturated heterocycles. The number of non-ortho nitro benzene ring substituents is 1. The van der Waals surface area contributed by atoms with Crippen LogP contribution in [0.15, 0.2) is 48.5 Å². The topological polar surface area (TPSA) is 79.9 Å². The van der Waals surface area contributed by atoms with E-state index < -0.39 is 4.92 Å². The predicted octanol–water partition coefficient (Wildman–Crippen LogP) is 1.19. The molecule has 29 heavy (non-hydrogen) atoms. The zero-order chi connectivity index (χ0) is 20.8. The minimum atomic E-state index is -0.401. The van der Waals surface area contributed by atoms with Crippen LogP contribution < -0.4 is 15.1 Å². The van der Waals surface area contributed by atoms with Crippen LogP contribution in [0.1, 0.15) is 12.5 Å². The van der Waals surface area contributed by atoms with Crippen molar-refractivity contribution in [2.45, 2.75) is 19.4 Å². The van der Waals surface area contributed by atoms with Gasteiger partial charge in [0, 0.05) is 24.4 Å². The van der Waals surface area contributed by atoms with Gasteiger partial charge in [-0.05, 0) is 43.2 Å². The van der Waals surface area contributed by atoms with E-state index in [0.29, 0.717) is 13.0 Å². The van der Waals surface area contributed by atoms with Crippen LogP contribution in [0.3, 0.4) is 0 Å². The Morgan fingerprint density at radius 2 is 1.79 bits per heavy atom. The third-order valence-electron chi connectivity index (χ3n) is 5.46. The number of halogens is 1. The molecule has 3 rings (SSSR count). The van der Waals surface area contributed by atoms with Crippen molar-refractivity contribution in [3.8, 4) is 0 Å². The van der Waals surface area contributed by atoms with Crippen molar-refractivity contribution in [2.75, 3.05) is 37.6 Å². The third kappa shape index (κ3) is 5.51. The lowest BCUT2D eigenvalue weighted by molar-refractivity contribution is -0.914. The number of nitrogens with one attached hydrogen (secondary N) is 2. The van der Waals surface area contributed by atoms with E-state index in [1.54, 1.807) is 24.3 Å². The summed E-state index contributed by atoms with van der Waals surface area (Å²) < 4.78 is 12.9. The standard InChI is InChI=1S/C21H25FN4O3/c1-16(21(27)23-11-10-17-2-4-18(22)5-3-17)24-12-14-25(15-13-24)19-6-8-20(9-7-19)26(28)29/h2-9,16H,10-15H2,1H3,(H,23,27)/p+1/t16-/m1/s1. The summed E-state index contributed by atoms with van der Waals surface area (Å²) in [4.78, 5) is 26.3. The lowest BCUT2D eigenvalue weighted by Crippen LogP contribution is -3.19. The van der Waals surface area contributed by atoms with E-state index >= 15 is 0 Å². The van der Waals surface area contributed by atoms with Crippen molar-refractivity contribution < 1.29 is 19.0 Å². The van der Waals surface area contributed by atoms with Crippen LogP contribution in [-0.2, 0) is 11.2 Å². The van der Waals surface area contributed by atoms with Gasteiger partial charge >= 0.3 is 0 Å². The lowest BCUT2D eigenvalue weighted by atomic mass is 10.1. The molecule has 1 aliphatic rings. The molecular formula is C21H26FN4O3+. The molecule has 1 fully saturated rings. The van der Waals surface area contributed by atoms with Crippen LogP contribution >= 0.6 is 0 Å². The molecule has 0 radical (unpaired) electrons. The maximum absolute atomic E-state index is 12.9. The molecule has 1 atom stereocenters. The number of hydrogen-bond donors (Lipinski definition) is 2. The first kappa shape index (κ1) is 20.7. The van der Waals surface area contributed by atoms with E-state index in [4.69, 9.17) is 0 Å². The third-order valence-corrected chi connectivity index (χ3v) is 5.46. The Labute approximate surface area is 169 Å². The molecule has 2 aromatic rings. The number of amides is 1. The van der Waals surface area contributed by atoms with Crippen molar-refractivity contribution in [1.29, 1.82) is 0 Å². The average molecular weight is 401 g/mol. The monoisotopic (exact) mass is 401 g/mol. The van der Waals surface area contributed by atoms with Gasteiger partial charge < -0.3 is 15.1 Å². The van der Waals surface area contributed by atoms with E-state index in [9.17, 15) is 19.3 Å². The Morgan fingerprint density at radius 3 is 2.38 bits per heavy atom. The van der Waals surface area contributed by atoms with Gasteiger partial charge in [0.15, 0.2) is 6.04 Å². The lowest BCUT2D eigenvalue weighted by Gasteiger charge is -2.36. The van der Waals surface area contributed by atoms with Crippen molar-refractivity contribution in [2.24, 2.45) is 0 Å². The Hall–Kier alpha value is -3.00. The first-order valence-electron chi connectivity index (χ1n) is 9.80. The quantitative estimate of drug-likeness (QED) is 0.540. The number of rotatable bonds is 7. The summed E-state index contributed by atoms with van der Waals surface area (Å²) in [6.45, 7) is 5.69. The molecule has 2 N–H and O–H groups in total. The van der Waals surface area contributed by atoms with Crippen LogP contribution in [0, 0.1) is 15.9 Å². The van der Waals surface area contributed by atoms with E-state index in [1.165, 1.54) is 29.2 Å². The van der Waals surface area contributed by atoms with Gasteiger partial charge in [-0.25, -0.2) is 4.39 Å². The molecular weight excluding hydrogens is 375 g/mol. The predicted molar refractivity (Wildman–Crippen MR) is 109 cm³/mol. The maximum atomic E-state index is 12.9. The molecule has 2 aromatic carbocycles. The molecule has 0 aromatic heterocycles. The van der Waals surface area contributed by atoms with Gasteiger partial charge in [0.05, 0.1) is 31.1 Å². The summed E-state index contributed by atoms with van der Waals surface area (Å²) >= 11 is 0. The molecule has 7 nitrogen and oxygen atoms in total. The number of nitrogens with zero attached hydrogens (tertiary/aromatic N) is 2. The molecule has 1 amide bonds. The van der Waals surface area contributed by atoms with Gasteiger partial charge in [0.2, 0.25) is 0 Å². The largest absolute Gasteiger partial charge is 0.360 e. The highest BCUT2D eigenvalue weighted by molar-refractivity contribution is 5.79. The van der Waals surface area contributed by atoms with Crippen LogP contribution in [-0.4, -0.2) is 49.6 Å². The first-order chi connectivity index (χ1) is 13.9. The molecule has 0 aliphatic carbocycles. The van der Waals surface area contributed by atoms with Crippen molar-refractivity contribution in [3.05, 3.63) is 70.0 Å². The van der Waals surface area contributed by atoms with Crippen LogP contribution in [0.2, 0.25) is 0 Å². The Balaban J connectivity index is 1.43. The molecule has 1 aliphatic heterocycles. The number of carbonyl (C=O) groups is 1. The fourth-order valence-corrected chi connectivity index (χ4v) is 3.59. The average Bonchev–Trinajstić information content (AvgIpc) is 2.74. The summed E-state index contributed by atoms with van der Waals surface area (Å²) in [5.74, 6) is -0.242. The number of quaternary nitrogens is 1. The fraction of sp³-hybridized carbons (Fsp3) is 0.381. The Bertz CT molecular complexity index is 834. The zero-order valence-electron chi connectivity index (χ0n) is 16.4. The van der Waals surface area contributed by atoms with E-state index in [2.05, 4.69) is 10.2 Å². The number of piperazine rings is 1. The number of nitro benzene ring substituents is 1. The minimum Gasteiger partial charge on any atom is -0.360 e. The van der Waals surface area contributed by atoms with E-state index in [-0.39, 0.29) is 23.5 Å². The minimum absolute atomic E-state index is 0.0193. The van der Waals surface area contributed by atoms with Gasteiger partial charge in [-0.3, -0.25) is 14.9 Å². The number of benzene rings is 2. The molecule has 0 bridgehead atoms.